The molecule has 2 rings (SSSR count). The molecule has 0 saturated carbocycles. The molecule has 2 amide bonds. The SMILES string of the molecule is COCCCNC(=O)[C@H](C)N(Cc1ccc(Cl)cc1)C(=O)Cc1ccccc1. The third-order valence-electron chi connectivity index (χ3n) is 4.46. The summed E-state index contributed by atoms with van der Waals surface area (Å²) < 4.78 is 5.00. The zero-order valence-electron chi connectivity index (χ0n) is 16.4. The topological polar surface area (TPSA) is 58.6 Å². The molecule has 0 fully saturated rings. The Labute approximate surface area is 171 Å². The minimum absolute atomic E-state index is 0.0966. The average molecular weight is 403 g/mol. The fourth-order valence-corrected chi connectivity index (χ4v) is 2.94. The molecule has 0 unspecified atom stereocenters. The van der Waals surface area contributed by atoms with Crippen LogP contribution >= 0.6 is 11.6 Å². The van der Waals surface area contributed by atoms with Gasteiger partial charge in [0.25, 0.3) is 0 Å². The quantitative estimate of drug-likeness (QED) is 0.619. The van der Waals surface area contributed by atoms with Crippen molar-refractivity contribution < 1.29 is 14.3 Å². The van der Waals surface area contributed by atoms with E-state index in [-0.39, 0.29) is 18.2 Å². The van der Waals surface area contributed by atoms with Crippen molar-refractivity contribution in [1.29, 1.82) is 0 Å². The number of rotatable bonds is 10. The van der Waals surface area contributed by atoms with Gasteiger partial charge in [0.1, 0.15) is 6.04 Å². The Morgan fingerprint density at radius 3 is 2.39 bits per heavy atom. The molecule has 0 saturated heterocycles. The molecular weight excluding hydrogens is 376 g/mol. The second-order valence-corrected chi connectivity index (χ2v) is 7.06. The van der Waals surface area contributed by atoms with E-state index in [4.69, 9.17) is 16.3 Å². The van der Waals surface area contributed by atoms with Crippen LogP contribution in [0.25, 0.3) is 0 Å². The van der Waals surface area contributed by atoms with Crippen molar-refractivity contribution in [3.8, 4) is 0 Å². The summed E-state index contributed by atoms with van der Waals surface area (Å²) in [4.78, 5) is 27.2. The lowest BCUT2D eigenvalue weighted by Gasteiger charge is -2.29. The van der Waals surface area contributed by atoms with Crippen LogP contribution in [0.3, 0.4) is 0 Å². The molecule has 1 N–H and O–H groups in total. The molecule has 0 radical (unpaired) electrons. The zero-order valence-corrected chi connectivity index (χ0v) is 17.1. The number of nitrogens with zero attached hydrogens (tertiary/aromatic N) is 1. The van der Waals surface area contributed by atoms with Crippen molar-refractivity contribution in [1.82, 2.24) is 10.2 Å². The summed E-state index contributed by atoms with van der Waals surface area (Å²) in [6.07, 6.45) is 0.972. The van der Waals surface area contributed by atoms with Gasteiger partial charge in [0.15, 0.2) is 0 Å². The van der Waals surface area contributed by atoms with Crippen LogP contribution in [0.4, 0.5) is 0 Å². The zero-order chi connectivity index (χ0) is 20.4. The molecule has 0 aliphatic rings. The number of halogens is 1. The molecule has 2 aromatic carbocycles. The van der Waals surface area contributed by atoms with E-state index in [0.29, 0.717) is 24.7 Å². The van der Waals surface area contributed by atoms with Crippen LogP contribution in [0.1, 0.15) is 24.5 Å². The number of amides is 2. The van der Waals surface area contributed by atoms with Crippen LogP contribution in [-0.4, -0.2) is 43.0 Å². The molecule has 0 spiro atoms. The summed E-state index contributed by atoms with van der Waals surface area (Å²) in [7, 11) is 1.63. The Morgan fingerprint density at radius 1 is 1.07 bits per heavy atom. The Balaban J connectivity index is 2.10. The first-order valence-electron chi connectivity index (χ1n) is 9.35. The van der Waals surface area contributed by atoms with Gasteiger partial charge in [0.05, 0.1) is 6.42 Å². The van der Waals surface area contributed by atoms with Gasteiger partial charge in [-0.05, 0) is 36.6 Å². The Bertz CT molecular complexity index is 750. The Hall–Kier alpha value is -2.37. The van der Waals surface area contributed by atoms with E-state index in [1.165, 1.54) is 0 Å². The number of hydrogen-bond acceptors (Lipinski definition) is 3. The predicted octanol–water partition coefficient (Wildman–Crippen LogP) is 3.45. The standard InChI is InChI=1S/C22H27ClN2O3/c1-17(22(27)24-13-6-14-28-2)25(16-19-9-11-20(23)12-10-19)21(26)15-18-7-4-3-5-8-18/h3-5,7-12,17H,6,13-16H2,1-2H3,(H,24,27)/t17-/m0/s1. The normalized spacial score (nSPS) is 11.7. The van der Waals surface area contributed by atoms with Crippen LogP contribution in [-0.2, 0) is 27.3 Å². The van der Waals surface area contributed by atoms with Gasteiger partial charge in [-0.3, -0.25) is 9.59 Å². The van der Waals surface area contributed by atoms with Gasteiger partial charge in [-0.1, -0.05) is 54.1 Å². The number of hydrogen-bond donors (Lipinski definition) is 1. The highest BCUT2D eigenvalue weighted by atomic mass is 35.5. The maximum absolute atomic E-state index is 13.0. The first kappa shape index (κ1) is 21.9. The summed E-state index contributed by atoms with van der Waals surface area (Å²) in [6, 6.07) is 16.3. The van der Waals surface area contributed by atoms with Crippen molar-refractivity contribution in [3.05, 3.63) is 70.7 Å². The van der Waals surface area contributed by atoms with Gasteiger partial charge < -0.3 is 15.0 Å². The smallest absolute Gasteiger partial charge is 0.242 e. The minimum atomic E-state index is -0.588. The van der Waals surface area contributed by atoms with E-state index in [1.807, 2.05) is 42.5 Å². The van der Waals surface area contributed by atoms with Crippen molar-refractivity contribution in [2.45, 2.75) is 32.4 Å². The number of methoxy groups -OCH3 is 1. The second kappa shape index (κ2) is 11.5. The first-order valence-corrected chi connectivity index (χ1v) is 9.73. The molecule has 0 heterocycles. The monoisotopic (exact) mass is 402 g/mol. The first-order chi connectivity index (χ1) is 13.5. The predicted molar refractivity (Wildman–Crippen MR) is 111 cm³/mol. The maximum atomic E-state index is 13.0. The van der Waals surface area contributed by atoms with Gasteiger partial charge in [-0.15, -0.1) is 0 Å². The molecule has 0 aromatic heterocycles. The molecule has 150 valence electrons. The van der Waals surface area contributed by atoms with E-state index >= 15 is 0 Å². The Morgan fingerprint density at radius 2 is 1.75 bits per heavy atom. The number of carbonyl (C=O) groups excluding carboxylic acids is 2. The highest BCUT2D eigenvalue weighted by Crippen LogP contribution is 2.15. The van der Waals surface area contributed by atoms with Crippen LogP contribution in [0, 0.1) is 0 Å². The lowest BCUT2D eigenvalue weighted by atomic mass is 10.1. The van der Waals surface area contributed by atoms with Crippen molar-refractivity contribution in [2.24, 2.45) is 0 Å². The van der Waals surface area contributed by atoms with Crippen LogP contribution in [0.2, 0.25) is 5.02 Å². The van der Waals surface area contributed by atoms with E-state index in [9.17, 15) is 9.59 Å². The average Bonchev–Trinajstić information content (AvgIpc) is 2.70. The van der Waals surface area contributed by atoms with E-state index in [1.54, 1.807) is 31.1 Å². The maximum Gasteiger partial charge on any atom is 0.242 e. The van der Waals surface area contributed by atoms with Crippen LogP contribution < -0.4 is 5.32 Å². The number of ether oxygens (including phenoxy) is 1. The largest absolute Gasteiger partial charge is 0.385 e. The highest BCUT2D eigenvalue weighted by Gasteiger charge is 2.26. The number of benzene rings is 2. The van der Waals surface area contributed by atoms with Gasteiger partial charge >= 0.3 is 0 Å². The van der Waals surface area contributed by atoms with Gasteiger partial charge in [0.2, 0.25) is 11.8 Å². The molecule has 6 heteroatoms. The molecular formula is C22H27ClN2O3. The third-order valence-corrected chi connectivity index (χ3v) is 4.71. The lowest BCUT2D eigenvalue weighted by molar-refractivity contribution is -0.140. The molecule has 5 nitrogen and oxygen atoms in total. The highest BCUT2D eigenvalue weighted by molar-refractivity contribution is 6.30. The van der Waals surface area contributed by atoms with Crippen molar-refractivity contribution in [2.75, 3.05) is 20.3 Å². The third kappa shape index (κ3) is 6.98. The number of nitrogens with one attached hydrogen (secondary N) is 1. The van der Waals surface area contributed by atoms with Gasteiger partial charge in [-0.2, -0.15) is 0 Å². The lowest BCUT2D eigenvalue weighted by Crippen LogP contribution is -2.48. The minimum Gasteiger partial charge on any atom is -0.385 e. The summed E-state index contributed by atoms with van der Waals surface area (Å²) in [5, 5.41) is 3.51. The fraction of sp³-hybridized carbons (Fsp3) is 0.364. The molecule has 0 bridgehead atoms. The van der Waals surface area contributed by atoms with Gasteiger partial charge in [-0.25, -0.2) is 0 Å². The fourth-order valence-electron chi connectivity index (χ4n) is 2.82. The van der Waals surface area contributed by atoms with Gasteiger partial charge in [0, 0.05) is 31.8 Å². The molecule has 0 aliphatic carbocycles. The van der Waals surface area contributed by atoms with Crippen molar-refractivity contribution in [3.63, 3.8) is 0 Å². The van der Waals surface area contributed by atoms with E-state index in [0.717, 1.165) is 17.5 Å². The molecule has 1 atom stereocenters. The summed E-state index contributed by atoms with van der Waals surface area (Å²) in [5.41, 5.74) is 1.84. The summed E-state index contributed by atoms with van der Waals surface area (Å²) in [6.45, 7) is 3.19. The second-order valence-electron chi connectivity index (χ2n) is 6.62. The van der Waals surface area contributed by atoms with Crippen molar-refractivity contribution >= 4 is 23.4 Å². The van der Waals surface area contributed by atoms with E-state index < -0.39 is 6.04 Å². The Kier molecular flexibility index (Phi) is 8.98. The van der Waals surface area contributed by atoms with Crippen LogP contribution in [0.15, 0.2) is 54.6 Å². The van der Waals surface area contributed by atoms with Crippen LogP contribution in [0.5, 0.6) is 0 Å². The molecule has 28 heavy (non-hydrogen) atoms. The summed E-state index contributed by atoms with van der Waals surface area (Å²) in [5.74, 6) is -0.271. The molecule has 2 aromatic rings. The number of carbonyl (C=O) groups is 2. The van der Waals surface area contributed by atoms with E-state index in [2.05, 4.69) is 5.32 Å². The molecule has 0 aliphatic heterocycles. The summed E-state index contributed by atoms with van der Waals surface area (Å²) >= 11 is 5.96.